The molecule has 1 aliphatic heterocycles. The Labute approximate surface area is 179 Å². The molecule has 1 aliphatic carbocycles. The van der Waals surface area contributed by atoms with Crippen molar-refractivity contribution in [2.24, 2.45) is 0 Å². The van der Waals surface area contributed by atoms with Crippen molar-refractivity contribution in [1.82, 2.24) is 9.29 Å². The topological polar surface area (TPSA) is 74.3 Å². The molecule has 0 amide bonds. The molecular formula is C22H22F2N4O2S. The van der Waals surface area contributed by atoms with Crippen LogP contribution in [0.25, 0.3) is 10.9 Å². The number of alkyl halides is 2. The largest absolute Gasteiger partial charge is 0.363 e. The van der Waals surface area contributed by atoms with Gasteiger partial charge in [-0.05, 0) is 54.3 Å². The van der Waals surface area contributed by atoms with Crippen LogP contribution in [0.15, 0.2) is 54.6 Å². The maximum atomic E-state index is 13.4. The van der Waals surface area contributed by atoms with Gasteiger partial charge in [0.2, 0.25) is 0 Å². The van der Waals surface area contributed by atoms with Crippen LogP contribution < -0.4 is 10.0 Å². The van der Waals surface area contributed by atoms with E-state index in [1.807, 2.05) is 18.2 Å². The third kappa shape index (κ3) is 4.07. The smallest absolute Gasteiger partial charge is 0.301 e. The van der Waals surface area contributed by atoms with E-state index in [9.17, 15) is 17.2 Å². The lowest BCUT2D eigenvalue weighted by Crippen LogP contribution is -2.35. The molecule has 1 atom stereocenters. The van der Waals surface area contributed by atoms with Crippen LogP contribution >= 0.6 is 0 Å². The Kier molecular flexibility index (Phi) is 4.82. The number of nitrogens with one attached hydrogen (secondary N) is 2. The van der Waals surface area contributed by atoms with Gasteiger partial charge in [-0.25, -0.2) is 13.8 Å². The van der Waals surface area contributed by atoms with Crippen molar-refractivity contribution >= 4 is 32.6 Å². The lowest BCUT2D eigenvalue weighted by molar-refractivity contribution is 0.0184. The lowest BCUT2D eigenvalue weighted by atomic mass is 10.1. The lowest BCUT2D eigenvalue weighted by Gasteiger charge is -2.18. The molecule has 0 unspecified atom stereocenters. The third-order valence-electron chi connectivity index (χ3n) is 5.87. The fraction of sp³-hybridized carbons (Fsp3) is 0.318. The first-order valence-corrected chi connectivity index (χ1v) is 11.6. The number of aryl methyl sites for hydroxylation is 1. The number of hydrogen-bond acceptors (Lipinski definition) is 4. The van der Waals surface area contributed by atoms with Crippen molar-refractivity contribution < 1.29 is 17.2 Å². The molecule has 0 radical (unpaired) electrons. The Morgan fingerprint density at radius 3 is 2.74 bits per heavy atom. The second-order valence-corrected chi connectivity index (χ2v) is 9.76. The van der Waals surface area contributed by atoms with Crippen molar-refractivity contribution in [3.05, 3.63) is 65.7 Å². The van der Waals surface area contributed by atoms with Crippen LogP contribution in [-0.2, 0) is 16.6 Å². The molecule has 1 aromatic heterocycles. The van der Waals surface area contributed by atoms with E-state index in [2.05, 4.69) is 33.2 Å². The fourth-order valence-corrected chi connectivity index (χ4v) is 5.52. The third-order valence-corrected chi connectivity index (χ3v) is 7.35. The summed E-state index contributed by atoms with van der Waals surface area (Å²) in [5.74, 6) is -2.23. The Morgan fingerprint density at radius 2 is 1.94 bits per heavy atom. The first kappa shape index (κ1) is 20.1. The average Bonchev–Trinajstić information content (AvgIpc) is 3.31. The second-order valence-electron chi connectivity index (χ2n) is 8.08. The highest BCUT2D eigenvalue weighted by Gasteiger charge is 2.43. The Morgan fingerprint density at radius 1 is 1.10 bits per heavy atom. The number of aromatic nitrogens is 1. The zero-order valence-corrected chi connectivity index (χ0v) is 17.5. The van der Waals surface area contributed by atoms with Crippen LogP contribution in [0.4, 0.5) is 20.3 Å². The zero-order valence-electron chi connectivity index (χ0n) is 16.7. The van der Waals surface area contributed by atoms with Gasteiger partial charge in [0.25, 0.3) is 5.92 Å². The first-order valence-electron chi connectivity index (χ1n) is 10.2. The SMILES string of the molecule is O=S(=O)(Nc1ccc2nc(N[C@@H]3CCc4ccccc43)ccc2c1)N1CCC(F)(F)C1. The van der Waals surface area contributed by atoms with Crippen molar-refractivity contribution in [2.75, 3.05) is 23.1 Å². The molecule has 9 heteroatoms. The molecule has 2 heterocycles. The predicted molar refractivity (Wildman–Crippen MR) is 117 cm³/mol. The molecule has 5 rings (SSSR count). The summed E-state index contributed by atoms with van der Waals surface area (Å²) in [6.45, 7) is -0.992. The van der Waals surface area contributed by atoms with Gasteiger partial charge in [-0.3, -0.25) is 4.72 Å². The molecule has 2 aromatic carbocycles. The quantitative estimate of drug-likeness (QED) is 0.614. The number of benzene rings is 2. The molecule has 1 fully saturated rings. The molecule has 1 saturated heterocycles. The van der Waals surface area contributed by atoms with Crippen LogP contribution in [0.2, 0.25) is 0 Å². The van der Waals surface area contributed by atoms with Gasteiger partial charge in [0.15, 0.2) is 0 Å². The summed E-state index contributed by atoms with van der Waals surface area (Å²) in [5, 5.41) is 4.24. The normalized spacial score (nSPS) is 20.6. The van der Waals surface area contributed by atoms with Gasteiger partial charge in [0.05, 0.1) is 23.8 Å². The monoisotopic (exact) mass is 444 g/mol. The predicted octanol–water partition coefficient (Wildman–Crippen LogP) is 4.33. The van der Waals surface area contributed by atoms with Crippen molar-refractivity contribution in [1.29, 1.82) is 0 Å². The van der Waals surface area contributed by atoms with E-state index in [1.54, 1.807) is 18.2 Å². The Hall–Kier alpha value is -2.78. The minimum atomic E-state index is -4.03. The van der Waals surface area contributed by atoms with Crippen LogP contribution in [-0.4, -0.2) is 36.7 Å². The summed E-state index contributed by atoms with van der Waals surface area (Å²) >= 11 is 0. The maximum absolute atomic E-state index is 13.4. The molecule has 2 aliphatic rings. The second kappa shape index (κ2) is 7.42. The molecule has 162 valence electrons. The number of anilines is 2. The Bertz CT molecular complexity index is 1250. The number of hydrogen-bond donors (Lipinski definition) is 2. The van der Waals surface area contributed by atoms with Gasteiger partial charge < -0.3 is 5.32 Å². The number of halogens is 2. The van der Waals surface area contributed by atoms with Crippen LogP contribution in [0.1, 0.15) is 30.0 Å². The number of rotatable bonds is 5. The molecular weight excluding hydrogens is 422 g/mol. The van der Waals surface area contributed by atoms with Crippen LogP contribution in [0, 0.1) is 0 Å². The van der Waals surface area contributed by atoms with E-state index in [0.29, 0.717) is 11.2 Å². The summed E-state index contributed by atoms with van der Waals surface area (Å²) < 4.78 is 54.8. The molecule has 6 nitrogen and oxygen atoms in total. The van der Waals surface area contributed by atoms with E-state index in [-0.39, 0.29) is 12.6 Å². The molecule has 0 bridgehead atoms. The first-order chi connectivity index (χ1) is 14.8. The highest BCUT2D eigenvalue weighted by atomic mass is 32.2. The van der Waals surface area contributed by atoms with Crippen LogP contribution in [0.3, 0.4) is 0 Å². The number of fused-ring (bicyclic) bond motifs is 2. The number of pyridine rings is 1. The van der Waals surface area contributed by atoms with E-state index in [1.165, 1.54) is 11.1 Å². The Balaban J connectivity index is 1.33. The van der Waals surface area contributed by atoms with Gasteiger partial charge in [-0.2, -0.15) is 12.7 Å². The highest BCUT2D eigenvalue weighted by molar-refractivity contribution is 7.90. The number of nitrogens with zero attached hydrogens (tertiary/aromatic N) is 2. The van der Waals surface area contributed by atoms with Crippen molar-refractivity contribution in [3.63, 3.8) is 0 Å². The van der Waals surface area contributed by atoms with E-state index < -0.39 is 29.1 Å². The average molecular weight is 445 g/mol. The highest BCUT2D eigenvalue weighted by Crippen LogP contribution is 2.34. The van der Waals surface area contributed by atoms with Gasteiger partial charge in [-0.15, -0.1) is 0 Å². The van der Waals surface area contributed by atoms with Gasteiger partial charge in [-0.1, -0.05) is 24.3 Å². The van der Waals surface area contributed by atoms with Gasteiger partial charge in [0.1, 0.15) is 5.82 Å². The molecule has 0 saturated carbocycles. The molecule has 2 N–H and O–H groups in total. The summed E-state index contributed by atoms with van der Waals surface area (Å²) in [6, 6.07) is 17.3. The van der Waals surface area contributed by atoms with E-state index in [4.69, 9.17) is 0 Å². The van der Waals surface area contributed by atoms with Gasteiger partial charge >= 0.3 is 10.2 Å². The summed E-state index contributed by atoms with van der Waals surface area (Å²) in [4.78, 5) is 4.65. The fourth-order valence-electron chi connectivity index (χ4n) is 4.28. The van der Waals surface area contributed by atoms with Crippen molar-refractivity contribution in [3.8, 4) is 0 Å². The summed E-state index contributed by atoms with van der Waals surface area (Å²) in [6.07, 6.45) is 1.58. The molecule has 31 heavy (non-hydrogen) atoms. The minimum absolute atomic E-state index is 0.198. The molecule has 3 aromatic rings. The van der Waals surface area contributed by atoms with E-state index in [0.717, 1.165) is 28.4 Å². The van der Waals surface area contributed by atoms with Crippen molar-refractivity contribution in [2.45, 2.75) is 31.2 Å². The van der Waals surface area contributed by atoms with Crippen LogP contribution in [0.5, 0.6) is 0 Å². The summed E-state index contributed by atoms with van der Waals surface area (Å²) in [7, 11) is -4.03. The van der Waals surface area contributed by atoms with E-state index >= 15 is 0 Å². The molecule has 0 spiro atoms. The zero-order chi connectivity index (χ0) is 21.6. The maximum Gasteiger partial charge on any atom is 0.301 e. The van der Waals surface area contributed by atoms with Gasteiger partial charge in [0, 0.05) is 18.4 Å². The minimum Gasteiger partial charge on any atom is -0.363 e. The summed E-state index contributed by atoms with van der Waals surface area (Å²) in [5.41, 5.74) is 3.68. The standard InChI is InChI=1S/C22H22F2N4O2S/c23-22(24)11-12-28(14-22)31(29,30)27-17-7-9-19-16(13-17)6-10-21(25-19)26-20-8-5-15-3-1-2-4-18(15)20/h1-4,6-7,9-10,13,20,27H,5,8,11-12,14H2,(H,25,26)/t20-/m1/s1.